The minimum atomic E-state index is 0.756. The van der Waals surface area contributed by atoms with E-state index in [0.29, 0.717) is 0 Å². The van der Waals surface area contributed by atoms with Gasteiger partial charge in [0.1, 0.15) is 12.4 Å². The van der Waals surface area contributed by atoms with Crippen LogP contribution in [0, 0.1) is 0 Å². The number of benzene rings is 1. The van der Waals surface area contributed by atoms with Crippen molar-refractivity contribution in [3.05, 3.63) is 29.8 Å². The Hall–Kier alpha value is -1.06. The van der Waals surface area contributed by atoms with Gasteiger partial charge in [0.2, 0.25) is 0 Å². The minimum absolute atomic E-state index is 0.756. The van der Waals surface area contributed by atoms with Crippen LogP contribution in [0.3, 0.4) is 0 Å². The van der Waals surface area contributed by atoms with Gasteiger partial charge in [-0.2, -0.15) is 0 Å². The summed E-state index contributed by atoms with van der Waals surface area (Å²) in [5.74, 6) is 0.997. The highest BCUT2D eigenvalue weighted by Gasteiger charge is 2.19. The Bertz CT molecular complexity index is 404. The highest BCUT2D eigenvalue weighted by Crippen LogP contribution is 2.20. The quantitative estimate of drug-likeness (QED) is 0.675. The van der Waals surface area contributed by atoms with Gasteiger partial charge < -0.3 is 15.0 Å². The number of unbranched alkanes of at least 4 members (excludes halogenated alkanes) is 1. The summed E-state index contributed by atoms with van der Waals surface area (Å²) < 4.78 is 5.91. The number of likely N-dealkylation sites (N-methyl/N-ethyl adjacent to an activating group) is 1. The second-order valence-corrected chi connectivity index (χ2v) is 5.94. The van der Waals surface area contributed by atoms with E-state index in [-0.39, 0.29) is 0 Å². The van der Waals surface area contributed by atoms with Crippen LogP contribution in [-0.4, -0.2) is 37.2 Å². The first kappa shape index (κ1) is 16.3. The van der Waals surface area contributed by atoms with Gasteiger partial charge in [-0.15, -0.1) is 0 Å². The Morgan fingerprint density at radius 3 is 2.81 bits per heavy atom. The predicted octanol–water partition coefficient (Wildman–Crippen LogP) is 3.44. The van der Waals surface area contributed by atoms with E-state index in [1.54, 1.807) is 0 Å². The van der Waals surface area contributed by atoms with E-state index in [1.807, 2.05) is 0 Å². The zero-order valence-electron chi connectivity index (χ0n) is 13.6. The fourth-order valence-corrected chi connectivity index (χ4v) is 2.40. The third-order valence-electron chi connectivity index (χ3n) is 4.02. The maximum atomic E-state index is 5.91. The van der Waals surface area contributed by atoms with Crippen LogP contribution in [0.2, 0.25) is 0 Å². The van der Waals surface area contributed by atoms with Crippen LogP contribution in [0.4, 0.5) is 0 Å². The van der Waals surface area contributed by atoms with Crippen LogP contribution in [0.15, 0.2) is 24.3 Å². The third-order valence-corrected chi connectivity index (χ3v) is 4.02. The molecule has 0 aromatic heterocycles. The summed E-state index contributed by atoms with van der Waals surface area (Å²) in [6.07, 6.45) is 5.20. The van der Waals surface area contributed by atoms with Gasteiger partial charge in [-0.25, -0.2) is 0 Å². The van der Waals surface area contributed by atoms with Gasteiger partial charge >= 0.3 is 0 Å². The van der Waals surface area contributed by atoms with E-state index >= 15 is 0 Å². The molecule has 3 heteroatoms. The molecule has 0 spiro atoms. The van der Waals surface area contributed by atoms with E-state index in [4.69, 9.17) is 4.74 Å². The van der Waals surface area contributed by atoms with Crippen molar-refractivity contribution in [1.82, 2.24) is 10.2 Å². The second-order valence-electron chi connectivity index (χ2n) is 5.94. The molecule has 0 unspecified atom stereocenters. The van der Waals surface area contributed by atoms with Crippen LogP contribution in [0.1, 0.15) is 45.1 Å². The summed E-state index contributed by atoms with van der Waals surface area (Å²) in [4.78, 5) is 2.46. The normalized spacial score (nSPS) is 14.6. The van der Waals surface area contributed by atoms with Crippen molar-refractivity contribution in [3.8, 4) is 5.75 Å². The molecule has 0 radical (unpaired) electrons. The van der Waals surface area contributed by atoms with Crippen molar-refractivity contribution in [2.45, 2.75) is 52.1 Å². The monoisotopic (exact) mass is 290 g/mol. The first-order valence-corrected chi connectivity index (χ1v) is 8.49. The standard InChI is InChI=1S/C18H30N2O/c1-3-5-11-20(4-2)12-13-21-18-8-6-7-16(14-18)15-19-17-9-10-17/h6-8,14,17,19H,3-5,9-13,15H2,1-2H3. The predicted molar refractivity (Wildman–Crippen MR) is 88.8 cm³/mol. The lowest BCUT2D eigenvalue weighted by Crippen LogP contribution is -2.29. The van der Waals surface area contributed by atoms with Crippen molar-refractivity contribution in [1.29, 1.82) is 0 Å². The van der Waals surface area contributed by atoms with E-state index in [2.05, 4.69) is 48.3 Å². The lowest BCUT2D eigenvalue weighted by atomic mass is 10.2. The van der Waals surface area contributed by atoms with E-state index in [0.717, 1.165) is 38.0 Å². The number of hydrogen-bond acceptors (Lipinski definition) is 3. The number of hydrogen-bond donors (Lipinski definition) is 1. The SMILES string of the molecule is CCCCN(CC)CCOc1cccc(CNC2CC2)c1. The molecular formula is C18H30N2O. The topological polar surface area (TPSA) is 24.5 Å². The van der Waals surface area contributed by atoms with Crippen LogP contribution in [0.25, 0.3) is 0 Å². The molecule has 21 heavy (non-hydrogen) atoms. The van der Waals surface area contributed by atoms with Gasteiger partial charge in [0, 0.05) is 19.1 Å². The van der Waals surface area contributed by atoms with Crippen LogP contribution in [-0.2, 0) is 6.54 Å². The summed E-state index contributed by atoms with van der Waals surface area (Å²) in [6, 6.07) is 9.24. The lowest BCUT2D eigenvalue weighted by Gasteiger charge is -2.20. The molecule has 118 valence electrons. The van der Waals surface area contributed by atoms with Crippen molar-refractivity contribution in [3.63, 3.8) is 0 Å². The summed E-state index contributed by atoms with van der Waals surface area (Å²) in [5, 5.41) is 3.54. The highest BCUT2D eigenvalue weighted by molar-refractivity contribution is 5.28. The van der Waals surface area contributed by atoms with Gasteiger partial charge in [0.25, 0.3) is 0 Å². The molecule has 1 fully saturated rings. The van der Waals surface area contributed by atoms with Gasteiger partial charge in [-0.3, -0.25) is 0 Å². The molecule has 1 saturated carbocycles. The first-order valence-electron chi connectivity index (χ1n) is 8.49. The van der Waals surface area contributed by atoms with Gasteiger partial charge in [0.05, 0.1) is 0 Å². The molecular weight excluding hydrogens is 260 g/mol. The van der Waals surface area contributed by atoms with Gasteiger partial charge in [-0.1, -0.05) is 32.4 Å². The Kier molecular flexibility index (Phi) is 7.04. The van der Waals surface area contributed by atoms with E-state index in [9.17, 15) is 0 Å². The zero-order chi connectivity index (χ0) is 14.9. The molecule has 1 aromatic carbocycles. The molecule has 0 amide bonds. The summed E-state index contributed by atoms with van der Waals surface area (Å²) >= 11 is 0. The maximum Gasteiger partial charge on any atom is 0.119 e. The molecule has 3 nitrogen and oxygen atoms in total. The van der Waals surface area contributed by atoms with Crippen LogP contribution >= 0.6 is 0 Å². The van der Waals surface area contributed by atoms with Crippen LogP contribution < -0.4 is 10.1 Å². The van der Waals surface area contributed by atoms with Gasteiger partial charge in [0.15, 0.2) is 0 Å². The second kappa shape index (κ2) is 9.06. The fourth-order valence-electron chi connectivity index (χ4n) is 2.40. The van der Waals surface area contributed by atoms with Gasteiger partial charge in [-0.05, 0) is 50.0 Å². The molecule has 0 aliphatic heterocycles. The minimum Gasteiger partial charge on any atom is -0.492 e. The number of nitrogens with zero attached hydrogens (tertiary/aromatic N) is 1. The van der Waals surface area contributed by atoms with Crippen molar-refractivity contribution >= 4 is 0 Å². The average molecular weight is 290 g/mol. The van der Waals surface area contributed by atoms with E-state index in [1.165, 1.54) is 37.8 Å². The highest BCUT2D eigenvalue weighted by atomic mass is 16.5. The summed E-state index contributed by atoms with van der Waals surface area (Å²) in [6.45, 7) is 9.50. The number of ether oxygens (including phenoxy) is 1. The average Bonchev–Trinajstić information content (AvgIpc) is 3.33. The first-order chi connectivity index (χ1) is 10.3. The Morgan fingerprint density at radius 1 is 1.24 bits per heavy atom. The molecule has 1 aromatic rings. The Labute approximate surface area is 129 Å². The Morgan fingerprint density at radius 2 is 2.10 bits per heavy atom. The zero-order valence-corrected chi connectivity index (χ0v) is 13.6. The lowest BCUT2D eigenvalue weighted by molar-refractivity contribution is 0.213. The summed E-state index contributed by atoms with van der Waals surface area (Å²) in [5.41, 5.74) is 1.32. The molecule has 0 saturated heterocycles. The van der Waals surface area contributed by atoms with Crippen molar-refractivity contribution in [2.75, 3.05) is 26.2 Å². The molecule has 0 heterocycles. The molecule has 1 aliphatic carbocycles. The molecule has 0 atom stereocenters. The largest absolute Gasteiger partial charge is 0.492 e. The van der Waals surface area contributed by atoms with Crippen molar-refractivity contribution < 1.29 is 4.74 Å². The molecule has 0 bridgehead atoms. The smallest absolute Gasteiger partial charge is 0.119 e. The number of rotatable bonds is 11. The van der Waals surface area contributed by atoms with E-state index < -0.39 is 0 Å². The summed E-state index contributed by atoms with van der Waals surface area (Å²) in [7, 11) is 0. The maximum absolute atomic E-state index is 5.91. The van der Waals surface area contributed by atoms with Crippen LogP contribution in [0.5, 0.6) is 5.75 Å². The number of nitrogens with one attached hydrogen (secondary N) is 1. The third kappa shape index (κ3) is 6.49. The van der Waals surface area contributed by atoms with Crippen molar-refractivity contribution in [2.24, 2.45) is 0 Å². The molecule has 2 rings (SSSR count). The molecule has 1 aliphatic rings. The molecule has 1 N–H and O–H groups in total. The fraction of sp³-hybridized carbons (Fsp3) is 0.667. The Balaban J connectivity index is 1.70.